The summed E-state index contributed by atoms with van der Waals surface area (Å²) in [6.07, 6.45) is 2.33. The highest BCUT2D eigenvalue weighted by Gasteiger charge is 2.40. The van der Waals surface area contributed by atoms with Gasteiger partial charge in [-0.05, 0) is 45.2 Å². The third kappa shape index (κ3) is 3.14. The van der Waals surface area contributed by atoms with Gasteiger partial charge in [-0.1, -0.05) is 13.8 Å². The first kappa shape index (κ1) is 15.3. The lowest BCUT2D eigenvalue weighted by molar-refractivity contribution is -0.150. The molecule has 114 valence electrons. The Morgan fingerprint density at radius 2 is 2.05 bits per heavy atom. The molecule has 0 spiro atoms. The van der Waals surface area contributed by atoms with Crippen LogP contribution in [-0.2, 0) is 9.59 Å². The van der Waals surface area contributed by atoms with Crippen molar-refractivity contribution in [2.45, 2.75) is 45.7 Å². The molecule has 0 saturated carbocycles. The largest absolute Gasteiger partial charge is 0.342 e. The standard InChI is InChI=1S/C15H27N3O2/c1-10(2)13-15(20)18(11(3)14(19)16-13)9-12-6-5-7-17(4)8-12/h10-13H,5-9H2,1-4H3,(H,16,19). The van der Waals surface area contributed by atoms with Crippen molar-refractivity contribution in [3.05, 3.63) is 0 Å². The highest BCUT2D eigenvalue weighted by Crippen LogP contribution is 2.21. The summed E-state index contributed by atoms with van der Waals surface area (Å²) in [7, 11) is 2.12. The Hall–Kier alpha value is -1.10. The summed E-state index contributed by atoms with van der Waals surface area (Å²) < 4.78 is 0. The molecular weight excluding hydrogens is 254 g/mol. The maximum atomic E-state index is 12.6. The van der Waals surface area contributed by atoms with Crippen molar-refractivity contribution in [1.82, 2.24) is 15.1 Å². The summed E-state index contributed by atoms with van der Waals surface area (Å²) in [5.41, 5.74) is 0. The molecule has 2 aliphatic heterocycles. The van der Waals surface area contributed by atoms with E-state index in [1.165, 1.54) is 6.42 Å². The number of rotatable bonds is 3. The second-order valence-corrected chi connectivity index (χ2v) is 6.67. The molecule has 0 radical (unpaired) electrons. The maximum absolute atomic E-state index is 12.6. The summed E-state index contributed by atoms with van der Waals surface area (Å²) >= 11 is 0. The van der Waals surface area contributed by atoms with E-state index >= 15 is 0 Å². The number of hydrogen-bond donors (Lipinski definition) is 1. The van der Waals surface area contributed by atoms with Gasteiger partial charge in [-0.3, -0.25) is 9.59 Å². The van der Waals surface area contributed by atoms with Crippen LogP contribution < -0.4 is 5.32 Å². The Kier molecular flexibility index (Phi) is 4.68. The first-order chi connectivity index (χ1) is 9.40. The molecule has 20 heavy (non-hydrogen) atoms. The van der Waals surface area contributed by atoms with E-state index < -0.39 is 0 Å². The van der Waals surface area contributed by atoms with E-state index in [4.69, 9.17) is 0 Å². The zero-order chi connectivity index (χ0) is 14.9. The molecule has 1 N–H and O–H groups in total. The van der Waals surface area contributed by atoms with Crippen molar-refractivity contribution < 1.29 is 9.59 Å². The monoisotopic (exact) mass is 281 g/mol. The molecular formula is C15H27N3O2. The van der Waals surface area contributed by atoms with Crippen LogP contribution in [0, 0.1) is 11.8 Å². The van der Waals surface area contributed by atoms with Crippen LogP contribution in [0.25, 0.3) is 0 Å². The van der Waals surface area contributed by atoms with Crippen LogP contribution in [0.3, 0.4) is 0 Å². The fourth-order valence-electron chi connectivity index (χ4n) is 3.25. The number of hydrogen-bond acceptors (Lipinski definition) is 3. The van der Waals surface area contributed by atoms with E-state index in [-0.39, 0.29) is 29.8 Å². The summed E-state index contributed by atoms with van der Waals surface area (Å²) in [5.74, 6) is 0.683. The fourth-order valence-corrected chi connectivity index (χ4v) is 3.25. The zero-order valence-electron chi connectivity index (χ0n) is 13.1. The predicted molar refractivity (Wildman–Crippen MR) is 78.2 cm³/mol. The molecule has 0 aromatic rings. The van der Waals surface area contributed by atoms with Crippen LogP contribution in [0.2, 0.25) is 0 Å². The molecule has 0 aromatic heterocycles. The number of nitrogens with zero attached hydrogens (tertiary/aromatic N) is 2. The zero-order valence-corrected chi connectivity index (χ0v) is 13.1. The Bertz CT molecular complexity index is 383. The molecule has 5 heteroatoms. The van der Waals surface area contributed by atoms with Gasteiger partial charge in [-0.2, -0.15) is 0 Å². The van der Waals surface area contributed by atoms with Crippen LogP contribution in [0.5, 0.6) is 0 Å². The van der Waals surface area contributed by atoms with Gasteiger partial charge in [0.1, 0.15) is 12.1 Å². The Labute approximate surface area is 121 Å². The van der Waals surface area contributed by atoms with E-state index in [1.807, 2.05) is 20.8 Å². The van der Waals surface area contributed by atoms with E-state index in [9.17, 15) is 9.59 Å². The average molecular weight is 281 g/mol. The first-order valence-corrected chi connectivity index (χ1v) is 7.69. The fraction of sp³-hybridized carbons (Fsp3) is 0.867. The lowest BCUT2D eigenvalue weighted by atomic mass is 9.94. The van der Waals surface area contributed by atoms with E-state index in [1.54, 1.807) is 4.90 Å². The van der Waals surface area contributed by atoms with Crippen LogP contribution >= 0.6 is 0 Å². The average Bonchev–Trinajstić information content (AvgIpc) is 2.38. The maximum Gasteiger partial charge on any atom is 0.246 e. The predicted octanol–water partition coefficient (Wildman–Crippen LogP) is 0.700. The van der Waals surface area contributed by atoms with Gasteiger partial charge in [-0.15, -0.1) is 0 Å². The van der Waals surface area contributed by atoms with E-state index in [0.717, 1.165) is 19.5 Å². The summed E-state index contributed by atoms with van der Waals surface area (Å²) in [6, 6.07) is -0.704. The SMILES string of the molecule is CC(C)C1NC(=O)C(C)N(CC2CCCN(C)C2)C1=O. The molecule has 2 aliphatic rings. The lowest BCUT2D eigenvalue weighted by Crippen LogP contribution is -2.64. The second-order valence-electron chi connectivity index (χ2n) is 6.67. The number of nitrogens with one attached hydrogen (secondary N) is 1. The number of amides is 2. The highest BCUT2D eigenvalue weighted by molar-refractivity contribution is 5.96. The number of carbonyl (C=O) groups excluding carboxylic acids is 2. The normalized spacial score (nSPS) is 32.6. The first-order valence-electron chi connectivity index (χ1n) is 7.69. The van der Waals surface area contributed by atoms with Crippen molar-refractivity contribution >= 4 is 11.8 Å². The minimum atomic E-state index is -0.361. The second kappa shape index (κ2) is 6.12. The summed E-state index contributed by atoms with van der Waals surface area (Å²) in [6.45, 7) is 8.65. The molecule has 2 amide bonds. The molecule has 0 bridgehead atoms. The van der Waals surface area contributed by atoms with E-state index in [0.29, 0.717) is 12.5 Å². The number of piperazine rings is 1. The van der Waals surface area contributed by atoms with Crippen LogP contribution in [-0.4, -0.2) is 60.4 Å². The Morgan fingerprint density at radius 3 is 2.65 bits per heavy atom. The molecule has 2 rings (SSSR count). The van der Waals surface area contributed by atoms with Gasteiger partial charge in [0.2, 0.25) is 11.8 Å². The summed E-state index contributed by atoms with van der Waals surface area (Å²) in [4.78, 5) is 28.7. The van der Waals surface area contributed by atoms with Crippen molar-refractivity contribution in [1.29, 1.82) is 0 Å². The van der Waals surface area contributed by atoms with Gasteiger partial charge in [-0.25, -0.2) is 0 Å². The van der Waals surface area contributed by atoms with Gasteiger partial charge in [0.25, 0.3) is 0 Å². The van der Waals surface area contributed by atoms with Crippen molar-refractivity contribution in [3.63, 3.8) is 0 Å². The Morgan fingerprint density at radius 1 is 1.35 bits per heavy atom. The van der Waals surface area contributed by atoms with Crippen molar-refractivity contribution in [2.75, 3.05) is 26.7 Å². The van der Waals surface area contributed by atoms with Crippen LogP contribution in [0.15, 0.2) is 0 Å². The molecule has 3 unspecified atom stereocenters. The molecule has 0 aromatic carbocycles. The topological polar surface area (TPSA) is 52.7 Å². The minimum Gasteiger partial charge on any atom is -0.342 e. The van der Waals surface area contributed by atoms with Gasteiger partial charge < -0.3 is 15.1 Å². The molecule has 5 nitrogen and oxygen atoms in total. The van der Waals surface area contributed by atoms with Crippen molar-refractivity contribution in [3.8, 4) is 0 Å². The lowest BCUT2D eigenvalue weighted by Gasteiger charge is -2.41. The number of carbonyl (C=O) groups is 2. The van der Waals surface area contributed by atoms with Crippen molar-refractivity contribution in [2.24, 2.45) is 11.8 Å². The van der Waals surface area contributed by atoms with Gasteiger partial charge >= 0.3 is 0 Å². The minimum absolute atomic E-state index is 0.0209. The van der Waals surface area contributed by atoms with E-state index in [2.05, 4.69) is 17.3 Å². The van der Waals surface area contributed by atoms with Gasteiger partial charge in [0, 0.05) is 13.1 Å². The van der Waals surface area contributed by atoms with Gasteiger partial charge in [0.15, 0.2) is 0 Å². The molecule has 2 fully saturated rings. The summed E-state index contributed by atoms with van der Waals surface area (Å²) in [5, 5.41) is 2.85. The van der Waals surface area contributed by atoms with Crippen LogP contribution in [0.4, 0.5) is 0 Å². The quantitative estimate of drug-likeness (QED) is 0.828. The third-order valence-corrected chi connectivity index (χ3v) is 4.54. The number of piperidine rings is 1. The molecule has 3 atom stereocenters. The highest BCUT2D eigenvalue weighted by atomic mass is 16.2. The molecule has 2 heterocycles. The number of likely N-dealkylation sites (tertiary alicyclic amines) is 1. The van der Waals surface area contributed by atoms with Crippen LogP contribution in [0.1, 0.15) is 33.6 Å². The molecule has 2 saturated heterocycles. The molecule has 0 aliphatic carbocycles. The Balaban J connectivity index is 2.06. The third-order valence-electron chi connectivity index (χ3n) is 4.54. The van der Waals surface area contributed by atoms with Gasteiger partial charge in [0.05, 0.1) is 0 Å². The smallest absolute Gasteiger partial charge is 0.246 e.